The Morgan fingerprint density at radius 3 is 2.32 bits per heavy atom. The number of aromatic carboxylic acids is 1. The lowest BCUT2D eigenvalue weighted by Crippen LogP contribution is -2.23. The Balaban J connectivity index is 3.46. The standard InChI is InChI=1S/C10H8BrF3O4S/c1-5-7(11)2-6(9(15)16)3-8(5)19(17,18)4-10(12,13)14/h2-3H,4H2,1H3,(H,15,16). The van der Waals surface area contributed by atoms with Crippen molar-refractivity contribution < 1.29 is 31.5 Å². The summed E-state index contributed by atoms with van der Waals surface area (Å²) >= 11 is 2.93. The van der Waals surface area contributed by atoms with E-state index in [4.69, 9.17) is 5.11 Å². The number of carboxylic acids is 1. The molecule has 106 valence electrons. The van der Waals surface area contributed by atoms with Gasteiger partial charge in [0.25, 0.3) is 0 Å². The number of carbonyl (C=O) groups is 1. The molecule has 0 fully saturated rings. The fraction of sp³-hybridized carbons (Fsp3) is 0.300. The quantitative estimate of drug-likeness (QED) is 0.899. The van der Waals surface area contributed by atoms with E-state index in [9.17, 15) is 26.4 Å². The van der Waals surface area contributed by atoms with Crippen molar-refractivity contribution in [3.8, 4) is 0 Å². The van der Waals surface area contributed by atoms with Crippen LogP contribution < -0.4 is 0 Å². The zero-order valence-corrected chi connectivity index (χ0v) is 11.9. The molecule has 0 unspecified atom stereocenters. The van der Waals surface area contributed by atoms with Crippen LogP contribution in [0, 0.1) is 6.92 Å². The van der Waals surface area contributed by atoms with Gasteiger partial charge in [-0.05, 0) is 24.6 Å². The van der Waals surface area contributed by atoms with Gasteiger partial charge in [-0.2, -0.15) is 13.2 Å². The molecule has 0 aliphatic carbocycles. The second-order valence-corrected chi connectivity index (χ2v) is 6.57. The minimum absolute atomic E-state index is 0.0363. The molecule has 1 N–H and O–H groups in total. The fourth-order valence-corrected chi connectivity index (χ4v) is 3.45. The predicted molar refractivity (Wildman–Crippen MR) is 63.9 cm³/mol. The summed E-state index contributed by atoms with van der Waals surface area (Å²) in [5.74, 6) is -3.46. The lowest BCUT2D eigenvalue weighted by Gasteiger charge is -2.12. The van der Waals surface area contributed by atoms with E-state index in [2.05, 4.69) is 15.9 Å². The monoisotopic (exact) mass is 360 g/mol. The first-order chi connectivity index (χ1) is 8.44. The normalized spacial score (nSPS) is 12.5. The Morgan fingerprint density at radius 1 is 1.37 bits per heavy atom. The van der Waals surface area contributed by atoms with Gasteiger partial charge in [0.1, 0.15) is 0 Å². The van der Waals surface area contributed by atoms with Gasteiger partial charge < -0.3 is 5.11 Å². The molecule has 0 atom stereocenters. The number of sulfone groups is 1. The molecule has 0 spiro atoms. The van der Waals surface area contributed by atoms with Crippen LogP contribution in [-0.2, 0) is 9.84 Å². The Bertz CT molecular complexity index is 622. The number of alkyl halides is 3. The second-order valence-electron chi connectivity index (χ2n) is 3.76. The molecule has 4 nitrogen and oxygen atoms in total. The average molecular weight is 361 g/mol. The zero-order valence-electron chi connectivity index (χ0n) is 9.45. The lowest BCUT2D eigenvalue weighted by molar-refractivity contribution is -0.106. The van der Waals surface area contributed by atoms with E-state index in [0.717, 1.165) is 12.1 Å². The van der Waals surface area contributed by atoms with E-state index in [1.165, 1.54) is 6.92 Å². The zero-order chi connectivity index (χ0) is 15.0. The molecule has 0 aromatic heterocycles. The van der Waals surface area contributed by atoms with Gasteiger partial charge in [-0.3, -0.25) is 0 Å². The van der Waals surface area contributed by atoms with Gasteiger partial charge >= 0.3 is 12.1 Å². The highest BCUT2D eigenvalue weighted by Gasteiger charge is 2.37. The first-order valence-electron chi connectivity index (χ1n) is 4.77. The maximum Gasteiger partial charge on any atom is 0.403 e. The van der Waals surface area contributed by atoms with Crippen molar-refractivity contribution in [2.24, 2.45) is 0 Å². The number of rotatable bonds is 3. The summed E-state index contributed by atoms with van der Waals surface area (Å²) in [6.07, 6.45) is -4.89. The van der Waals surface area contributed by atoms with E-state index in [1.54, 1.807) is 0 Å². The molecule has 0 radical (unpaired) electrons. The first-order valence-corrected chi connectivity index (χ1v) is 7.21. The summed E-state index contributed by atoms with van der Waals surface area (Å²) in [6, 6.07) is 1.85. The summed E-state index contributed by atoms with van der Waals surface area (Å²) in [7, 11) is -4.65. The molecule has 1 aromatic rings. The molecule has 1 rings (SSSR count). The molecule has 0 bridgehead atoms. The van der Waals surface area contributed by atoms with Gasteiger partial charge in [0.15, 0.2) is 15.6 Å². The maximum absolute atomic E-state index is 12.2. The molecular weight excluding hydrogens is 353 g/mol. The Morgan fingerprint density at radius 2 is 1.89 bits per heavy atom. The number of hydrogen-bond donors (Lipinski definition) is 1. The second kappa shape index (κ2) is 5.12. The fourth-order valence-electron chi connectivity index (χ4n) is 1.39. The largest absolute Gasteiger partial charge is 0.478 e. The lowest BCUT2D eigenvalue weighted by atomic mass is 10.1. The number of carboxylic acid groups (broad SMARTS) is 1. The highest BCUT2D eigenvalue weighted by molar-refractivity contribution is 9.10. The summed E-state index contributed by atoms with van der Waals surface area (Å²) < 4.78 is 60.1. The topological polar surface area (TPSA) is 71.4 Å². The molecule has 0 aliphatic heterocycles. The molecular formula is C10H8BrF3O4S. The van der Waals surface area contributed by atoms with Crippen molar-refractivity contribution in [1.82, 2.24) is 0 Å². The first kappa shape index (κ1) is 16.0. The van der Waals surface area contributed by atoms with Crippen LogP contribution in [0.3, 0.4) is 0 Å². The third-order valence-corrected chi connectivity index (χ3v) is 4.86. The van der Waals surface area contributed by atoms with Crippen LogP contribution in [0.2, 0.25) is 0 Å². The highest BCUT2D eigenvalue weighted by atomic mass is 79.9. The van der Waals surface area contributed by atoms with Gasteiger partial charge in [0.2, 0.25) is 0 Å². The van der Waals surface area contributed by atoms with Crippen LogP contribution >= 0.6 is 15.9 Å². The number of hydrogen-bond acceptors (Lipinski definition) is 3. The van der Waals surface area contributed by atoms with Gasteiger partial charge in [0.05, 0.1) is 10.5 Å². The van der Waals surface area contributed by atoms with Crippen molar-refractivity contribution in [3.63, 3.8) is 0 Å². The predicted octanol–water partition coefficient (Wildman–Crippen LogP) is 2.79. The molecule has 0 saturated heterocycles. The molecule has 19 heavy (non-hydrogen) atoms. The smallest absolute Gasteiger partial charge is 0.403 e. The van der Waals surface area contributed by atoms with Gasteiger partial charge in [-0.25, -0.2) is 13.2 Å². The number of halogens is 4. The van der Waals surface area contributed by atoms with Gasteiger partial charge in [0, 0.05) is 4.47 Å². The molecule has 0 amide bonds. The van der Waals surface area contributed by atoms with Crippen LogP contribution in [0.15, 0.2) is 21.5 Å². The summed E-state index contributed by atoms with van der Waals surface area (Å²) in [4.78, 5) is 10.1. The van der Waals surface area contributed by atoms with Crippen LogP contribution in [0.4, 0.5) is 13.2 Å². The number of benzene rings is 1. The highest BCUT2D eigenvalue weighted by Crippen LogP contribution is 2.29. The average Bonchev–Trinajstić information content (AvgIpc) is 2.17. The van der Waals surface area contributed by atoms with Crippen molar-refractivity contribution in [3.05, 3.63) is 27.7 Å². The molecule has 0 saturated carbocycles. The van der Waals surface area contributed by atoms with Crippen LogP contribution in [-0.4, -0.2) is 31.4 Å². The summed E-state index contributed by atoms with van der Waals surface area (Å²) in [5, 5.41) is 8.79. The SMILES string of the molecule is Cc1c(Br)cc(C(=O)O)cc1S(=O)(=O)CC(F)(F)F. The maximum atomic E-state index is 12.2. The molecule has 9 heteroatoms. The van der Waals surface area contributed by atoms with Gasteiger partial charge in [-0.1, -0.05) is 15.9 Å². The minimum Gasteiger partial charge on any atom is -0.478 e. The van der Waals surface area contributed by atoms with Crippen molar-refractivity contribution in [2.75, 3.05) is 5.75 Å². The van der Waals surface area contributed by atoms with E-state index < -0.39 is 38.2 Å². The van der Waals surface area contributed by atoms with Crippen LogP contribution in [0.25, 0.3) is 0 Å². The van der Waals surface area contributed by atoms with Crippen molar-refractivity contribution >= 4 is 31.7 Å². The third kappa shape index (κ3) is 3.93. The third-order valence-electron chi connectivity index (χ3n) is 2.23. The molecule has 0 heterocycles. The Hall–Kier alpha value is -1.09. The van der Waals surface area contributed by atoms with E-state index >= 15 is 0 Å². The van der Waals surface area contributed by atoms with Crippen molar-refractivity contribution in [2.45, 2.75) is 18.0 Å². The van der Waals surface area contributed by atoms with E-state index in [1.807, 2.05) is 0 Å². The molecule has 0 aliphatic rings. The van der Waals surface area contributed by atoms with Crippen LogP contribution in [0.1, 0.15) is 15.9 Å². The van der Waals surface area contributed by atoms with Crippen LogP contribution in [0.5, 0.6) is 0 Å². The minimum atomic E-state index is -4.89. The Kier molecular flexibility index (Phi) is 4.30. The van der Waals surface area contributed by atoms with Crippen molar-refractivity contribution in [1.29, 1.82) is 0 Å². The van der Waals surface area contributed by atoms with E-state index in [0.29, 0.717) is 0 Å². The Labute approximate surface area is 115 Å². The summed E-state index contributed by atoms with van der Waals surface area (Å²) in [6.45, 7) is 1.29. The van der Waals surface area contributed by atoms with Gasteiger partial charge in [-0.15, -0.1) is 0 Å². The van der Waals surface area contributed by atoms with E-state index in [-0.39, 0.29) is 10.0 Å². The molecule has 1 aromatic carbocycles. The summed E-state index contributed by atoms with van der Waals surface area (Å²) in [5.41, 5.74) is -0.368.